The molecule has 0 saturated heterocycles. The minimum Gasteiger partial charge on any atom is -0.149 e. The summed E-state index contributed by atoms with van der Waals surface area (Å²) in [4.78, 5) is 1.60. The summed E-state index contributed by atoms with van der Waals surface area (Å²) in [6.07, 6.45) is 1.39. The molecule has 0 radical (unpaired) electrons. The number of thiophene rings is 1. The molecule has 1 aliphatic carbocycles. The van der Waals surface area contributed by atoms with Gasteiger partial charge in [-0.05, 0) is 41.5 Å². The van der Waals surface area contributed by atoms with Crippen molar-refractivity contribution in [2.75, 3.05) is 0 Å². The van der Waals surface area contributed by atoms with Gasteiger partial charge in [-0.2, -0.15) is 0 Å². The van der Waals surface area contributed by atoms with Gasteiger partial charge in [0, 0.05) is 4.88 Å². The highest BCUT2D eigenvalue weighted by molar-refractivity contribution is 7.10. The fourth-order valence-corrected chi connectivity index (χ4v) is 3.55. The molecule has 0 spiro atoms. The van der Waals surface area contributed by atoms with Crippen molar-refractivity contribution in [2.24, 2.45) is 17.8 Å². The Kier molecular flexibility index (Phi) is 2.46. The number of rotatable bonds is 1. The highest BCUT2D eigenvalue weighted by Gasteiger charge is 2.36. The Morgan fingerprint density at radius 1 is 1.23 bits per heavy atom. The van der Waals surface area contributed by atoms with Crippen LogP contribution in [0.2, 0.25) is 0 Å². The van der Waals surface area contributed by atoms with E-state index in [1.165, 1.54) is 6.42 Å². The standard InChI is InChI=1S/C12H18S/c1-8-7-11(10(3)9(8)2)12-5-4-6-13-12/h4-6,8-11H,7H2,1-3H3. The van der Waals surface area contributed by atoms with Gasteiger partial charge in [-0.3, -0.25) is 0 Å². The van der Waals surface area contributed by atoms with Gasteiger partial charge >= 0.3 is 0 Å². The van der Waals surface area contributed by atoms with E-state index in [-0.39, 0.29) is 0 Å². The number of hydrogen-bond acceptors (Lipinski definition) is 1. The second-order valence-electron chi connectivity index (χ2n) is 4.55. The van der Waals surface area contributed by atoms with E-state index in [0.29, 0.717) is 0 Å². The molecule has 1 aliphatic rings. The maximum Gasteiger partial charge on any atom is 0.00790 e. The summed E-state index contributed by atoms with van der Waals surface area (Å²) < 4.78 is 0. The SMILES string of the molecule is CC1CC(c2cccs2)C(C)C1C. The lowest BCUT2D eigenvalue weighted by molar-refractivity contribution is 0.371. The molecule has 0 amide bonds. The third-order valence-electron chi connectivity index (χ3n) is 3.90. The average Bonchev–Trinajstić information content (AvgIpc) is 2.70. The lowest BCUT2D eigenvalue weighted by Crippen LogP contribution is -2.07. The first-order chi connectivity index (χ1) is 6.20. The van der Waals surface area contributed by atoms with E-state index in [4.69, 9.17) is 0 Å². The quantitative estimate of drug-likeness (QED) is 0.630. The van der Waals surface area contributed by atoms with Crippen LogP contribution < -0.4 is 0 Å². The van der Waals surface area contributed by atoms with Gasteiger partial charge in [-0.15, -0.1) is 11.3 Å². The molecule has 1 heterocycles. The fourth-order valence-electron chi connectivity index (χ4n) is 2.59. The summed E-state index contributed by atoms with van der Waals surface area (Å²) in [7, 11) is 0. The van der Waals surface area contributed by atoms with Crippen LogP contribution in [0.1, 0.15) is 38.0 Å². The molecule has 13 heavy (non-hydrogen) atoms. The van der Waals surface area contributed by atoms with Gasteiger partial charge in [0.1, 0.15) is 0 Å². The maximum atomic E-state index is 2.42. The van der Waals surface area contributed by atoms with Crippen molar-refractivity contribution in [2.45, 2.75) is 33.1 Å². The molecule has 0 aromatic carbocycles. The second kappa shape index (κ2) is 3.45. The van der Waals surface area contributed by atoms with Crippen molar-refractivity contribution in [3.63, 3.8) is 0 Å². The van der Waals surface area contributed by atoms with Gasteiger partial charge in [-0.1, -0.05) is 26.8 Å². The Hall–Kier alpha value is -0.300. The van der Waals surface area contributed by atoms with Crippen LogP contribution in [0.15, 0.2) is 17.5 Å². The summed E-state index contributed by atoms with van der Waals surface area (Å²) in [5.41, 5.74) is 0. The van der Waals surface area contributed by atoms with Crippen LogP contribution in [0.4, 0.5) is 0 Å². The zero-order valence-electron chi connectivity index (χ0n) is 8.66. The molecule has 2 rings (SSSR count). The molecule has 1 aromatic heterocycles. The molecule has 4 atom stereocenters. The van der Waals surface area contributed by atoms with Crippen LogP contribution in [0.5, 0.6) is 0 Å². The zero-order valence-corrected chi connectivity index (χ0v) is 9.47. The minimum absolute atomic E-state index is 0.838. The van der Waals surface area contributed by atoms with Gasteiger partial charge in [0.2, 0.25) is 0 Å². The minimum atomic E-state index is 0.838. The summed E-state index contributed by atoms with van der Waals surface area (Å²) >= 11 is 1.93. The predicted octanol–water partition coefficient (Wildman–Crippen LogP) is 4.14. The molecule has 0 bridgehead atoms. The fraction of sp³-hybridized carbons (Fsp3) is 0.667. The molecule has 1 aromatic rings. The second-order valence-corrected chi connectivity index (χ2v) is 5.53. The smallest absolute Gasteiger partial charge is 0.00790 e. The van der Waals surface area contributed by atoms with E-state index in [0.717, 1.165) is 23.7 Å². The Balaban J connectivity index is 2.19. The third kappa shape index (κ3) is 1.54. The van der Waals surface area contributed by atoms with Crippen molar-refractivity contribution >= 4 is 11.3 Å². The van der Waals surface area contributed by atoms with Crippen molar-refractivity contribution in [3.8, 4) is 0 Å². The van der Waals surface area contributed by atoms with Crippen LogP contribution >= 0.6 is 11.3 Å². The zero-order chi connectivity index (χ0) is 9.42. The Morgan fingerprint density at radius 3 is 2.46 bits per heavy atom. The molecular formula is C12H18S. The summed E-state index contributed by atoms with van der Waals surface area (Å²) in [6, 6.07) is 4.48. The van der Waals surface area contributed by atoms with Crippen molar-refractivity contribution in [1.29, 1.82) is 0 Å². The molecule has 0 nitrogen and oxygen atoms in total. The Labute approximate surface area is 85.0 Å². The third-order valence-corrected chi connectivity index (χ3v) is 4.90. The lowest BCUT2D eigenvalue weighted by atomic mass is 9.90. The molecule has 4 unspecified atom stereocenters. The first-order valence-corrected chi connectivity index (χ1v) is 6.11. The molecule has 0 aliphatic heterocycles. The van der Waals surface area contributed by atoms with Gasteiger partial charge < -0.3 is 0 Å². The van der Waals surface area contributed by atoms with Gasteiger partial charge in [0.25, 0.3) is 0 Å². The van der Waals surface area contributed by atoms with Crippen LogP contribution in [-0.4, -0.2) is 0 Å². The molecule has 72 valence electrons. The van der Waals surface area contributed by atoms with Crippen LogP contribution in [0.3, 0.4) is 0 Å². The molecular weight excluding hydrogens is 176 g/mol. The van der Waals surface area contributed by atoms with E-state index < -0.39 is 0 Å². The van der Waals surface area contributed by atoms with Crippen molar-refractivity contribution < 1.29 is 0 Å². The van der Waals surface area contributed by atoms with Crippen LogP contribution in [-0.2, 0) is 0 Å². The highest BCUT2D eigenvalue weighted by atomic mass is 32.1. The first-order valence-electron chi connectivity index (χ1n) is 5.23. The largest absolute Gasteiger partial charge is 0.149 e. The summed E-state index contributed by atoms with van der Waals surface area (Å²) in [5, 5.41) is 2.20. The van der Waals surface area contributed by atoms with E-state index in [1.54, 1.807) is 4.88 Å². The lowest BCUT2D eigenvalue weighted by Gasteiger charge is -2.16. The molecule has 1 saturated carbocycles. The Bertz CT molecular complexity index is 263. The average molecular weight is 194 g/mol. The topological polar surface area (TPSA) is 0 Å². The first kappa shape index (κ1) is 9.26. The molecule has 1 heteroatoms. The van der Waals surface area contributed by atoms with E-state index in [9.17, 15) is 0 Å². The van der Waals surface area contributed by atoms with Crippen molar-refractivity contribution in [3.05, 3.63) is 22.4 Å². The monoisotopic (exact) mass is 194 g/mol. The summed E-state index contributed by atoms with van der Waals surface area (Å²) in [5.74, 6) is 3.51. The Morgan fingerprint density at radius 2 is 2.00 bits per heavy atom. The van der Waals surface area contributed by atoms with E-state index in [2.05, 4.69) is 38.3 Å². The van der Waals surface area contributed by atoms with Crippen molar-refractivity contribution in [1.82, 2.24) is 0 Å². The van der Waals surface area contributed by atoms with E-state index in [1.807, 2.05) is 11.3 Å². The van der Waals surface area contributed by atoms with E-state index >= 15 is 0 Å². The predicted molar refractivity (Wildman–Crippen MR) is 59.2 cm³/mol. The molecule has 1 fully saturated rings. The molecule has 0 N–H and O–H groups in total. The number of hydrogen-bond donors (Lipinski definition) is 0. The summed E-state index contributed by atoms with van der Waals surface area (Å²) in [6.45, 7) is 7.22. The maximum absolute atomic E-state index is 2.42. The highest BCUT2D eigenvalue weighted by Crippen LogP contribution is 2.47. The normalized spacial score (nSPS) is 39.6. The van der Waals surface area contributed by atoms with Gasteiger partial charge in [-0.25, -0.2) is 0 Å². The van der Waals surface area contributed by atoms with Gasteiger partial charge in [0.15, 0.2) is 0 Å². The van der Waals surface area contributed by atoms with Crippen LogP contribution in [0, 0.1) is 17.8 Å². The van der Waals surface area contributed by atoms with Crippen LogP contribution in [0.25, 0.3) is 0 Å². The van der Waals surface area contributed by atoms with Gasteiger partial charge in [0.05, 0.1) is 0 Å².